The maximum atomic E-state index is 12.6. The van der Waals surface area contributed by atoms with Gasteiger partial charge in [-0.1, -0.05) is 29.8 Å². The highest BCUT2D eigenvalue weighted by molar-refractivity contribution is 6.36. The third-order valence-corrected chi connectivity index (χ3v) is 4.41. The third-order valence-electron chi connectivity index (χ3n) is 4.09. The van der Waals surface area contributed by atoms with Gasteiger partial charge in [-0.3, -0.25) is 9.59 Å². The lowest BCUT2D eigenvalue weighted by Gasteiger charge is -2.17. The van der Waals surface area contributed by atoms with E-state index in [0.29, 0.717) is 10.7 Å². The number of para-hydroxylation sites is 1. The molecule has 2 aromatic rings. The number of carbonyl (C=O) groups excluding carboxylic acids is 2. The van der Waals surface area contributed by atoms with Crippen molar-refractivity contribution in [1.82, 2.24) is 0 Å². The van der Waals surface area contributed by atoms with Gasteiger partial charge in [0.25, 0.3) is 5.91 Å². The molecule has 0 aliphatic carbocycles. The Balaban J connectivity index is 1.84. The Bertz CT molecular complexity index is 788. The SMILES string of the molecule is Cc1ccc(N[C@H]2CC(=O)N(c3ccccc3Cl)C2=O)cc1C. The molecule has 0 radical (unpaired) electrons. The van der Waals surface area contributed by atoms with Crippen molar-refractivity contribution in [2.24, 2.45) is 0 Å². The van der Waals surface area contributed by atoms with E-state index >= 15 is 0 Å². The second kappa shape index (κ2) is 6.05. The lowest BCUT2D eigenvalue weighted by Crippen LogP contribution is -2.35. The summed E-state index contributed by atoms with van der Waals surface area (Å²) in [5.41, 5.74) is 3.59. The maximum Gasteiger partial charge on any atom is 0.256 e. The minimum absolute atomic E-state index is 0.122. The Morgan fingerprint density at radius 3 is 2.52 bits per heavy atom. The summed E-state index contributed by atoms with van der Waals surface area (Å²) in [5.74, 6) is -0.522. The van der Waals surface area contributed by atoms with Gasteiger partial charge >= 0.3 is 0 Å². The van der Waals surface area contributed by atoms with Gasteiger partial charge in [-0.15, -0.1) is 0 Å². The average Bonchev–Trinajstić information content (AvgIpc) is 2.78. The number of aryl methyl sites for hydroxylation is 2. The number of benzene rings is 2. The molecule has 1 aliphatic heterocycles. The van der Waals surface area contributed by atoms with Crippen LogP contribution in [0, 0.1) is 13.8 Å². The summed E-state index contributed by atoms with van der Waals surface area (Å²) in [5, 5.41) is 3.54. The van der Waals surface area contributed by atoms with Crippen LogP contribution in [0.5, 0.6) is 0 Å². The molecule has 1 saturated heterocycles. The third kappa shape index (κ3) is 2.94. The van der Waals surface area contributed by atoms with Crippen molar-refractivity contribution in [3.63, 3.8) is 0 Å². The van der Waals surface area contributed by atoms with Gasteiger partial charge < -0.3 is 5.32 Å². The molecule has 0 spiro atoms. The van der Waals surface area contributed by atoms with E-state index in [1.165, 1.54) is 10.5 Å². The molecule has 5 heteroatoms. The fourth-order valence-corrected chi connectivity index (χ4v) is 2.88. The van der Waals surface area contributed by atoms with Gasteiger partial charge in [-0.05, 0) is 49.2 Å². The molecule has 4 nitrogen and oxygen atoms in total. The van der Waals surface area contributed by atoms with Crippen LogP contribution in [0.4, 0.5) is 11.4 Å². The number of carbonyl (C=O) groups is 2. The molecule has 1 N–H and O–H groups in total. The van der Waals surface area contributed by atoms with Crippen molar-refractivity contribution in [3.8, 4) is 0 Å². The molecular formula is C18H17ClN2O2. The van der Waals surface area contributed by atoms with Crippen LogP contribution in [0.25, 0.3) is 0 Å². The van der Waals surface area contributed by atoms with Crippen LogP contribution in [0.3, 0.4) is 0 Å². The first kappa shape index (κ1) is 15.6. The lowest BCUT2D eigenvalue weighted by molar-refractivity contribution is -0.121. The molecule has 0 unspecified atom stereocenters. The molecule has 0 saturated carbocycles. The van der Waals surface area contributed by atoms with Crippen LogP contribution in [0.15, 0.2) is 42.5 Å². The molecule has 1 aliphatic rings. The minimum Gasteiger partial charge on any atom is -0.373 e. The van der Waals surface area contributed by atoms with E-state index in [0.717, 1.165) is 11.3 Å². The monoisotopic (exact) mass is 328 g/mol. The van der Waals surface area contributed by atoms with Crippen molar-refractivity contribution >= 4 is 34.8 Å². The van der Waals surface area contributed by atoms with Crippen LogP contribution < -0.4 is 10.2 Å². The Hall–Kier alpha value is -2.33. The van der Waals surface area contributed by atoms with Crippen LogP contribution in [0.2, 0.25) is 5.02 Å². The summed E-state index contributed by atoms with van der Waals surface area (Å²) in [6.07, 6.45) is 0.122. The Morgan fingerprint density at radius 1 is 1.09 bits per heavy atom. The second-order valence-corrected chi connectivity index (χ2v) is 6.13. The largest absolute Gasteiger partial charge is 0.373 e. The number of hydrogen-bond acceptors (Lipinski definition) is 3. The first-order valence-electron chi connectivity index (χ1n) is 7.42. The van der Waals surface area contributed by atoms with Crippen molar-refractivity contribution < 1.29 is 9.59 Å². The zero-order valence-corrected chi connectivity index (χ0v) is 13.7. The van der Waals surface area contributed by atoms with Crippen molar-refractivity contribution in [2.75, 3.05) is 10.2 Å². The first-order valence-corrected chi connectivity index (χ1v) is 7.80. The predicted octanol–water partition coefficient (Wildman–Crippen LogP) is 3.70. The number of halogens is 1. The summed E-state index contributed by atoms with van der Waals surface area (Å²) in [7, 11) is 0. The quantitative estimate of drug-likeness (QED) is 0.874. The molecule has 1 heterocycles. The molecular weight excluding hydrogens is 312 g/mol. The highest BCUT2D eigenvalue weighted by Gasteiger charge is 2.40. The summed E-state index contributed by atoms with van der Waals surface area (Å²) >= 11 is 6.11. The van der Waals surface area contributed by atoms with Crippen LogP contribution in [-0.2, 0) is 9.59 Å². The zero-order valence-electron chi connectivity index (χ0n) is 13.0. The van der Waals surface area contributed by atoms with E-state index in [1.54, 1.807) is 24.3 Å². The summed E-state index contributed by atoms with van der Waals surface area (Å²) in [4.78, 5) is 26.0. The number of anilines is 2. The summed E-state index contributed by atoms with van der Waals surface area (Å²) < 4.78 is 0. The highest BCUT2D eigenvalue weighted by Crippen LogP contribution is 2.30. The van der Waals surface area contributed by atoms with Gasteiger partial charge in [0.05, 0.1) is 17.1 Å². The number of amides is 2. The predicted molar refractivity (Wildman–Crippen MR) is 91.9 cm³/mol. The second-order valence-electron chi connectivity index (χ2n) is 5.72. The Labute approximate surface area is 140 Å². The molecule has 23 heavy (non-hydrogen) atoms. The van der Waals surface area contributed by atoms with E-state index in [4.69, 9.17) is 11.6 Å². The standard InChI is InChI=1S/C18H17ClN2O2/c1-11-7-8-13(9-12(11)2)20-15-10-17(22)21(18(15)23)16-6-4-3-5-14(16)19/h3-9,15,20H,10H2,1-2H3/t15-/m0/s1. The van der Waals surface area contributed by atoms with E-state index in [-0.39, 0.29) is 18.2 Å². The van der Waals surface area contributed by atoms with Gasteiger partial charge in [0, 0.05) is 5.69 Å². The topological polar surface area (TPSA) is 49.4 Å². The van der Waals surface area contributed by atoms with Crippen molar-refractivity contribution in [3.05, 3.63) is 58.6 Å². The van der Waals surface area contributed by atoms with E-state index in [1.807, 2.05) is 32.0 Å². The Morgan fingerprint density at radius 2 is 1.83 bits per heavy atom. The molecule has 118 valence electrons. The number of imide groups is 1. The Kier molecular flexibility index (Phi) is 4.09. The number of nitrogens with one attached hydrogen (secondary N) is 1. The molecule has 3 rings (SSSR count). The molecule has 1 fully saturated rings. The highest BCUT2D eigenvalue weighted by atomic mass is 35.5. The van der Waals surface area contributed by atoms with Gasteiger partial charge in [0.15, 0.2) is 0 Å². The fraction of sp³-hybridized carbons (Fsp3) is 0.222. The normalized spacial score (nSPS) is 17.7. The minimum atomic E-state index is -0.569. The molecule has 2 aromatic carbocycles. The summed E-state index contributed by atoms with van der Waals surface area (Å²) in [6, 6.07) is 12.2. The van der Waals surface area contributed by atoms with Gasteiger partial charge in [-0.25, -0.2) is 4.90 Å². The number of rotatable bonds is 3. The average molecular weight is 329 g/mol. The number of nitrogens with zero attached hydrogens (tertiary/aromatic N) is 1. The van der Waals surface area contributed by atoms with Crippen LogP contribution in [-0.4, -0.2) is 17.9 Å². The van der Waals surface area contributed by atoms with E-state index < -0.39 is 6.04 Å². The fourth-order valence-electron chi connectivity index (χ4n) is 2.66. The van der Waals surface area contributed by atoms with E-state index in [9.17, 15) is 9.59 Å². The van der Waals surface area contributed by atoms with Crippen LogP contribution in [0.1, 0.15) is 17.5 Å². The molecule has 2 amide bonds. The molecule has 1 atom stereocenters. The zero-order chi connectivity index (χ0) is 16.6. The number of hydrogen-bond donors (Lipinski definition) is 1. The van der Waals surface area contributed by atoms with Crippen LogP contribution >= 0.6 is 11.6 Å². The maximum absolute atomic E-state index is 12.6. The van der Waals surface area contributed by atoms with Gasteiger partial charge in [0.2, 0.25) is 5.91 Å². The van der Waals surface area contributed by atoms with Gasteiger partial charge in [0.1, 0.15) is 6.04 Å². The van der Waals surface area contributed by atoms with Crippen molar-refractivity contribution in [2.45, 2.75) is 26.3 Å². The summed E-state index contributed by atoms with van der Waals surface area (Å²) in [6.45, 7) is 4.04. The first-order chi connectivity index (χ1) is 11.0. The van der Waals surface area contributed by atoms with E-state index in [2.05, 4.69) is 5.32 Å². The lowest BCUT2D eigenvalue weighted by atomic mass is 10.1. The molecule has 0 aromatic heterocycles. The smallest absolute Gasteiger partial charge is 0.256 e. The van der Waals surface area contributed by atoms with Gasteiger partial charge in [-0.2, -0.15) is 0 Å². The molecule has 0 bridgehead atoms. The van der Waals surface area contributed by atoms with Crippen molar-refractivity contribution in [1.29, 1.82) is 0 Å².